The topological polar surface area (TPSA) is 52.6 Å². The normalized spacial score (nSPS) is 11.2. The number of nitrogens with one attached hydrogen (secondary N) is 1. The minimum absolute atomic E-state index is 0.176. The molecule has 0 unspecified atom stereocenters. The lowest BCUT2D eigenvalue weighted by Crippen LogP contribution is -2.41. The lowest BCUT2D eigenvalue weighted by Gasteiger charge is -2.25. The zero-order valence-corrected chi connectivity index (χ0v) is 12.1. The maximum absolute atomic E-state index is 13.1. The molecule has 100 valence electrons. The van der Waals surface area contributed by atoms with E-state index in [0.29, 0.717) is 10.2 Å². The summed E-state index contributed by atoms with van der Waals surface area (Å²) in [6.07, 6.45) is 0. The number of anilines is 1. The fourth-order valence-electron chi connectivity index (χ4n) is 1.50. The van der Waals surface area contributed by atoms with E-state index in [1.807, 2.05) is 0 Å². The molecule has 0 atom stereocenters. The molecule has 0 saturated heterocycles. The van der Waals surface area contributed by atoms with Crippen LogP contribution in [0.1, 0.15) is 13.8 Å². The van der Waals surface area contributed by atoms with Crippen LogP contribution in [0.15, 0.2) is 22.7 Å². The lowest BCUT2D eigenvalue weighted by atomic mass is 10.1. The summed E-state index contributed by atoms with van der Waals surface area (Å²) in [4.78, 5) is 13.1. The molecule has 18 heavy (non-hydrogen) atoms. The monoisotopic (exact) mass is 318 g/mol. The van der Waals surface area contributed by atoms with Gasteiger partial charge in [-0.1, -0.05) is 15.9 Å². The highest BCUT2D eigenvalue weighted by Crippen LogP contribution is 2.19. The SMILES string of the molecule is CN(CC(C)(C)O)C(=O)Nc1cc(F)cc(Br)c1. The number of nitrogens with zero attached hydrogens (tertiary/aromatic N) is 1. The van der Waals surface area contributed by atoms with Crippen molar-refractivity contribution in [2.45, 2.75) is 19.4 Å². The number of carbonyl (C=O) groups excluding carboxylic acids is 1. The Labute approximate surface area is 114 Å². The average molecular weight is 319 g/mol. The van der Waals surface area contributed by atoms with Gasteiger partial charge in [-0.05, 0) is 32.0 Å². The van der Waals surface area contributed by atoms with Gasteiger partial charge in [0.05, 0.1) is 12.1 Å². The first-order chi connectivity index (χ1) is 8.17. The lowest BCUT2D eigenvalue weighted by molar-refractivity contribution is 0.0550. The van der Waals surface area contributed by atoms with E-state index in [9.17, 15) is 14.3 Å². The van der Waals surface area contributed by atoms with Gasteiger partial charge >= 0.3 is 6.03 Å². The Bertz CT molecular complexity index is 426. The molecule has 2 N–H and O–H groups in total. The molecule has 0 aliphatic heterocycles. The van der Waals surface area contributed by atoms with Crippen molar-refractivity contribution in [1.29, 1.82) is 0 Å². The molecule has 0 aliphatic carbocycles. The average Bonchev–Trinajstić information content (AvgIpc) is 2.12. The van der Waals surface area contributed by atoms with Gasteiger partial charge in [0, 0.05) is 17.2 Å². The second kappa shape index (κ2) is 5.67. The van der Waals surface area contributed by atoms with Gasteiger partial charge in [0.2, 0.25) is 0 Å². The molecule has 1 rings (SSSR count). The molecular weight excluding hydrogens is 303 g/mol. The van der Waals surface area contributed by atoms with Gasteiger partial charge < -0.3 is 15.3 Å². The Balaban J connectivity index is 2.69. The Hall–Kier alpha value is -1.14. The van der Waals surface area contributed by atoms with Crippen molar-refractivity contribution in [1.82, 2.24) is 4.90 Å². The van der Waals surface area contributed by atoms with E-state index in [-0.39, 0.29) is 6.54 Å². The van der Waals surface area contributed by atoms with Crippen LogP contribution >= 0.6 is 15.9 Å². The summed E-state index contributed by atoms with van der Waals surface area (Å²) >= 11 is 3.14. The Kier molecular flexibility index (Phi) is 4.70. The van der Waals surface area contributed by atoms with E-state index in [2.05, 4.69) is 21.2 Å². The van der Waals surface area contributed by atoms with Crippen LogP contribution in [0.5, 0.6) is 0 Å². The Morgan fingerprint density at radius 1 is 1.50 bits per heavy atom. The molecule has 1 aromatic rings. The molecule has 0 radical (unpaired) electrons. The molecule has 0 aromatic heterocycles. The molecule has 2 amide bonds. The zero-order valence-electron chi connectivity index (χ0n) is 10.5. The largest absolute Gasteiger partial charge is 0.389 e. The zero-order chi connectivity index (χ0) is 13.9. The second-order valence-corrected chi connectivity index (χ2v) is 5.67. The van der Waals surface area contributed by atoms with Crippen molar-refractivity contribution in [3.05, 3.63) is 28.5 Å². The first-order valence-electron chi connectivity index (χ1n) is 5.38. The number of benzene rings is 1. The maximum Gasteiger partial charge on any atom is 0.321 e. The fourth-order valence-corrected chi connectivity index (χ4v) is 1.96. The highest BCUT2D eigenvalue weighted by Gasteiger charge is 2.19. The van der Waals surface area contributed by atoms with Crippen molar-refractivity contribution in [2.75, 3.05) is 18.9 Å². The summed E-state index contributed by atoms with van der Waals surface area (Å²) in [5.74, 6) is -0.440. The van der Waals surface area contributed by atoms with E-state index < -0.39 is 17.4 Å². The number of aliphatic hydroxyl groups is 1. The van der Waals surface area contributed by atoms with Crippen molar-refractivity contribution in [2.24, 2.45) is 0 Å². The molecule has 0 saturated carbocycles. The number of urea groups is 1. The first-order valence-corrected chi connectivity index (χ1v) is 6.17. The van der Waals surface area contributed by atoms with Crippen LogP contribution in [0.2, 0.25) is 0 Å². The molecule has 0 aliphatic rings. The van der Waals surface area contributed by atoms with Crippen molar-refractivity contribution in [3.8, 4) is 0 Å². The predicted molar refractivity (Wildman–Crippen MR) is 72.0 cm³/mol. The molecule has 0 bridgehead atoms. The van der Waals surface area contributed by atoms with Crippen molar-refractivity contribution >= 4 is 27.6 Å². The summed E-state index contributed by atoms with van der Waals surface area (Å²) in [6.45, 7) is 3.39. The van der Waals surface area contributed by atoms with Crippen LogP contribution < -0.4 is 5.32 Å². The summed E-state index contributed by atoms with van der Waals surface area (Å²) in [6, 6.07) is 3.71. The summed E-state index contributed by atoms with van der Waals surface area (Å²) in [5.41, 5.74) is -0.622. The minimum atomic E-state index is -0.978. The van der Waals surface area contributed by atoms with Gasteiger partial charge in [0.1, 0.15) is 5.82 Å². The Morgan fingerprint density at radius 2 is 2.11 bits per heavy atom. The third kappa shape index (κ3) is 5.01. The van der Waals surface area contributed by atoms with Crippen molar-refractivity contribution < 1.29 is 14.3 Å². The smallest absolute Gasteiger partial charge is 0.321 e. The van der Waals surface area contributed by atoms with Crippen molar-refractivity contribution in [3.63, 3.8) is 0 Å². The van der Waals surface area contributed by atoms with Crippen LogP contribution in [0.3, 0.4) is 0 Å². The van der Waals surface area contributed by atoms with E-state index >= 15 is 0 Å². The minimum Gasteiger partial charge on any atom is -0.389 e. The molecule has 1 aromatic carbocycles. The summed E-state index contributed by atoms with van der Waals surface area (Å²) in [5, 5.41) is 12.2. The molecular formula is C12H16BrFN2O2. The third-order valence-corrected chi connectivity index (χ3v) is 2.54. The first kappa shape index (κ1) is 14.9. The van der Waals surface area contributed by atoms with Gasteiger partial charge in [-0.15, -0.1) is 0 Å². The molecule has 0 spiro atoms. The Morgan fingerprint density at radius 3 is 2.61 bits per heavy atom. The predicted octanol–water partition coefficient (Wildman–Crippen LogP) is 2.82. The van der Waals surface area contributed by atoms with E-state index in [1.165, 1.54) is 17.0 Å². The molecule has 4 nitrogen and oxygen atoms in total. The van der Waals surface area contributed by atoms with Crippen LogP contribution in [0.25, 0.3) is 0 Å². The number of likely N-dealkylation sites (N-methyl/N-ethyl adjacent to an activating group) is 1. The van der Waals surface area contributed by atoms with Crippen LogP contribution in [-0.4, -0.2) is 35.2 Å². The van der Waals surface area contributed by atoms with Gasteiger partial charge in [0.15, 0.2) is 0 Å². The highest BCUT2D eigenvalue weighted by atomic mass is 79.9. The molecule has 0 heterocycles. The molecule has 6 heteroatoms. The van der Waals surface area contributed by atoms with Crippen LogP contribution in [-0.2, 0) is 0 Å². The van der Waals surface area contributed by atoms with Gasteiger partial charge in [-0.2, -0.15) is 0 Å². The highest BCUT2D eigenvalue weighted by molar-refractivity contribution is 9.10. The third-order valence-electron chi connectivity index (χ3n) is 2.08. The van der Waals surface area contributed by atoms with E-state index in [4.69, 9.17) is 0 Å². The van der Waals surface area contributed by atoms with Gasteiger partial charge in [-0.3, -0.25) is 0 Å². The summed E-state index contributed by atoms with van der Waals surface area (Å²) in [7, 11) is 1.56. The van der Waals surface area contributed by atoms with E-state index in [1.54, 1.807) is 27.0 Å². The van der Waals surface area contributed by atoms with Gasteiger partial charge in [-0.25, -0.2) is 9.18 Å². The number of hydrogen-bond donors (Lipinski definition) is 2. The number of rotatable bonds is 3. The fraction of sp³-hybridized carbons (Fsp3) is 0.417. The van der Waals surface area contributed by atoms with E-state index in [0.717, 1.165) is 0 Å². The maximum atomic E-state index is 13.1. The molecule has 0 fully saturated rings. The van der Waals surface area contributed by atoms with Crippen LogP contribution in [0.4, 0.5) is 14.9 Å². The summed E-state index contributed by atoms with van der Waals surface area (Å²) < 4.78 is 13.7. The number of hydrogen-bond acceptors (Lipinski definition) is 2. The number of carbonyl (C=O) groups is 1. The number of halogens is 2. The van der Waals surface area contributed by atoms with Crippen LogP contribution in [0, 0.1) is 5.82 Å². The second-order valence-electron chi connectivity index (χ2n) is 4.76. The van der Waals surface area contributed by atoms with Gasteiger partial charge in [0.25, 0.3) is 0 Å². The standard InChI is InChI=1S/C12H16BrFN2O2/c1-12(2,18)7-16(3)11(17)15-10-5-8(13)4-9(14)6-10/h4-6,18H,7H2,1-3H3,(H,15,17). The quantitative estimate of drug-likeness (QED) is 0.900. The number of amides is 2.